The van der Waals surface area contributed by atoms with E-state index in [-0.39, 0.29) is 12.4 Å². The Morgan fingerprint density at radius 1 is 1.18 bits per heavy atom. The Labute approximate surface area is 102 Å². The molecule has 0 radical (unpaired) electrons. The van der Waals surface area contributed by atoms with Crippen LogP contribution in [0.15, 0.2) is 29.1 Å². The van der Waals surface area contributed by atoms with Gasteiger partial charge in [0, 0.05) is 11.3 Å². The highest BCUT2D eigenvalue weighted by Gasteiger charge is 2.06. The molecule has 1 aromatic heterocycles. The fourth-order valence-electron chi connectivity index (χ4n) is 1.38. The molecule has 0 saturated carbocycles. The third kappa shape index (κ3) is 2.88. The smallest absolute Gasteiger partial charge is 0.310 e. The number of hydrogen-bond donors (Lipinski definition) is 1. The van der Waals surface area contributed by atoms with Crippen LogP contribution in [0.3, 0.4) is 0 Å². The number of nitrogens with one attached hydrogen (secondary N) is 1. The lowest BCUT2D eigenvalue weighted by atomic mass is 10.1. The Hall–Kier alpha value is -1.75. The first-order valence-corrected chi connectivity index (χ1v) is 4.59. The van der Waals surface area contributed by atoms with Gasteiger partial charge in [-0.3, -0.25) is 0 Å². The molecule has 0 atom stereocenters. The molecule has 0 aliphatic rings. The van der Waals surface area contributed by atoms with Crippen molar-refractivity contribution in [3.05, 3.63) is 52.1 Å². The molecule has 0 saturated heterocycles. The third-order valence-corrected chi connectivity index (χ3v) is 2.09. The van der Waals surface area contributed by atoms with Crippen LogP contribution in [0.2, 0.25) is 0 Å². The minimum absolute atomic E-state index is 0. The van der Waals surface area contributed by atoms with Crippen molar-refractivity contribution >= 4 is 12.4 Å². The SMILES string of the molecule is Cc1cc(-c2ccc(F)c(F)c2)nc(=O)[nH]1.Cl. The number of benzene rings is 1. The largest absolute Gasteiger partial charge is 0.345 e. The maximum Gasteiger partial charge on any atom is 0.345 e. The van der Waals surface area contributed by atoms with Gasteiger partial charge in [0.1, 0.15) is 0 Å². The van der Waals surface area contributed by atoms with Crippen LogP contribution >= 0.6 is 12.4 Å². The Morgan fingerprint density at radius 3 is 2.47 bits per heavy atom. The van der Waals surface area contributed by atoms with E-state index in [1.54, 1.807) is 13.0 Å². The van der Waals surface area contributed by atoms with Gasteiger partial charge in [0.15, 0.2) is 11.6 Å². The molecule has 0 amide bonds. The zero-order chi connectivity index (χ0) is 11.7. The summed E-state index contributed by atoms with van der Waals surface area (Å²) in [6.07, 6.45) is 0. The van der Waals surface area contributed by atoms with E-state index < -0.39 is 17.3 Å². The predicted molar refractivity (Wildman–Crippen MR) is 62.2 cm³/mol. The fourth-order valence-corrected chi connectivity index (χ4v) is 1.38. The number of rotatable bonds is 1. The lowest BCUT2D eigenvalue weighted by Gasteiger charge is -2.01. The summed E-state index contributed by atoms with van der Waals surface area (Å²) in [5.41, 5.74) is 0.785. The molecule has 1 aromatic carbocycles. The Kier molecular flexibility index (Phi) is 3.96. The fraction of sp³-hybridized carbons (Fsp3) is 0.0909. The Bertz CT molecular complexity index is 598. The van der Waals surface area contributed by atoms with Crippen LogP contribution in [0.1, 0.15) is 5.69 Å². The van der Waals surface area contributed by atoms with Crippen LogP contribution in [0.5, 0.6) is 0 Å². The first kappa shape index (κ1) is 13.3. The maximum atomic E-state index is 13.0. The van der Waals surface area contributed by atoms with Crippen LogP contribution < -0.4 is 5.69 Å². The van der Waals surface area contributed by atoms with Crippen molar-refractivity contribution in [2.75, 3.05) is 0 Å². The lowest BCUT2D eigenvalue weighted by Crippen LogP contribution is -2.12. The normalized spacial score (nSPS) is 9.82. The van der Waals surface area contributed by atoms with Gasteiger partial charge in [-0.15, -0.1) is 12.4 Å². The average Bonchev–Trinajstić information content (AvgIpc) is 2.20. The first-order valence-electron chi connectivity index (χ1n) is 4.59. The number of hydrogen-bond acceptors (Lipinski definition) is 2. The molecular weight excluding hydrogens is 250 g/mol. The number of halogens is 3. The van der Waals surface area contributed by atoms with E-state index in [1.807, 2.05) is 0 Å². The Morgan fingerprint density at radius 2 is 1.88 bits per heavy atom. The van der Waals surface area contributed by atoms with Gasteiger partial charge in [0.25, 0.3) is 0 Å². The van der Waals surface area contributed by atoms with Crippen molar-refractivity contribution < 1.29 is 8.78 Å². The van der Waals surface area contributed by atoms with E-state index >= 15 is 0 Å². The molecule has 0 aliphatic heterocycles. The lowest BCUT2D eigenvalue weighted by molar-refractivity contribution is 0.509. The predicted octanol–water partition coefficient (Wildman–Crippen LogP) is 2.45. The summed E-state index contributed by atoms with van der Waals surface area (Å²) in [6, 6.07) is 4.98. The monoisotopic (exact) mass is 258 g/mol. The summed E-state index contributed by atoms with van der Waals surface area (Å²) in [4.78, 5) is 17.2. The van der Waals surface area contributed by atoms with E-state index in [0.29, 0.717) is 17.0 Å². The molecular formula is C11H9ClF2N2O. The number of H-pyrrole nitrogens is 1. The van der Waals surface area contributed by atoms with E-state index in [4.69, 9.17) is 0 Å². The van der Waals surface area contributed by atoms with Crippen molar-refractivity contribution in [3.63, 3.8) is 0 Å². The third-order valence-electron chi connectivity index (χ3n) is 2.09. The van der Waals surface area contributed by atoms with Crippen LogP contribution in [0, 0.1) is 18.6 Å². The first-order chi connectivity index (χ1) is 7.56. The summed E-state index contributed by atoms with van der Waals surface area (Å²) in [6.45, 7) is 1.69. The van der Waals surface area contributed by atoms with Crippen molar-refractivity contribution in [2.45, 2.75) is 6.92 Å². The quantitative estimate of drug-likeness (QED) is 0.854. The highest BCUT2D eigenvalue weighted by Crippen LogP contribution is 2.18. The zero-order valence-electron chi connectivity index (χ0n) is 8.83. The molecule has 0 bridgehead atoms. The summed E-state index contributed by atoms with van der Waals surface area (Å²) >= 11 is 0. The minimum atomic E-state index is -0.961. The van der Waals surface area contributed by atoms with Gasteiger partial charge in [0.2, 0.25) is 0 Å². The molecule has 2 aromatic rings. The molecule has 1 heterocycles. The van der Waals surface area contributed by atoms with Gasteiger partial charge < -0.3 is 4.98 Å². The van der Waals surface area contributed by atoms with Gasteiger partial charge in [-0.25, -0.2) is 13.6 Å². The summed E-state index contributed by atoms with van der Waals surface area (Å²) in [7, 11) is 0. The summed E-state index contributed by atoms with van der Waals surface area (Å²) in [5.74, 6) is -1.89. The second-order valence-electron chi connectivity index (χ2n) is 3.38. The van der Waals surface area contributed by atoms with Crippen molar-refractivity contribution in [2.24, 2.45) is 0 Å². The summed E-state index contributed by atoms with van der Waals surface area (Å²) < 4.78 is 25.7. The van der Waals surface area contributed by atoms with E-state index in [1.165, 1.54) is 6.07 Å². The zero-order valence-corrected chi connectivity index (χ0v) is 9.65. The van der Waals surface area contributed by atoms with Gasteiger partial charge in [-0.05, 0) is 31.2 Å². The van der Waals surface area contributed by atoms with E-state index in [2.05, 4.69) is 9.97 Å². The van der Waals surface area contributed by atoms with Gasteiger partial charge >= 0.3 is 5.69 Å². The molecule has 0 fully saturated rings. The molecule has 0 spiro atoms. The highest BCUT2D eigenvalue weighted by molar-refractivity contribution is 5.85. The van der Waals surface area contributed by atoms with Crippen LogP contribution in [-0.2, 0) is 0 Å². The van der Waals surface area contributed by atoms with Crippen LogP contribution in [0.25, 0.3) is 11.3 Å². The molecule has 90 valence electrons. The summed E-state index contributed by atoms with van der Waals surface area (Å²) in [5, 5.41) is 0. The second kappa shape index (κ2) is 5.05. The Balaban J connectivity index is 0.00000144. The molecule has 0 aliphatic carbocycles. The average molecular weight is 259 g/mol. The minimum Gasteiger partial charge on any atom is -0.310 e. The molecule has 2 rings (SSSR count). The highest BCUT2D eigenvalue weighted by atomic mass is 35.5. The standard InChI is InChI=1S/C11H8F2N2O.ClH/c1-6-4-10(15-11(16)14-6)7-2-3-8(12)9(13)5-7;/h2-5H,1H3,(H,14,15,16);1H. The second-order valence-corrected chi connectivity index (χ2v) is 3.38. The number of aromatic amines is 1. The molecule has 6 heteroatoms. The molecule has 1 N–H and O–H groups in total. The van der Waals surface area contributed by atoms with Crippen LogP contribution in [-0.4, -0.2) is 9.97 Å². The van der Waals surface area contributed by atoms with Crippen molar-refractivity contribution in [1.82, 2.24) is 9.97 Å². The molecule has 3 nitrogen and oxygen atoms in total. The van der Waals surface area contributed by atoms with Gasteiger partial charge in [-0.1, -0.05) is 0 Å². The van der Waals surface area contributed by atoms with Crippen molar-refractivity contribution in [3.8, 4) is 11.3 Å². The van der Waals surface area contributed by atoms with Gasteiger partial charge in [-0.2, -0.15) is 4.98 Å². The maximum absolute atomic E-state index is 13.0. The molecule has 0 unspecified atom stereocenters. The molecule has 17 heavy (non-hydrogen) atoms. The van der Waals surface area contributed by atoms with Gasteiger partial charge in [0.05, 0.1) is 5.69 Å². The van der Waals surface area contributed by atoms with Crippen LogP contribution in [0.4, 0.5) is 8.78 Å². The van der Waals surface area contributed by atoms with Crippen molar-refractivity contribution in [1.29, 1.82) is 0 Å². The van der Waals surface area contributed by atoms with E-state index in [9.17, 15) is 13.6 Å². The van der Waals surface area contributed by atoms with E-state index in [0.717, 1.165) is 12.1 Å². The topological polar surface area (TPSA) is 45.8 Å². The number of aryl methyl sites for hydroxylation is 1. The number of nitrogens with zero attached hydrogens (tertiary/aromatic N) is 1. The number of aromatic nitrogens is 2.